The molecule has 0 radical (unpaired) electrons. The first-order valence-corrected chi connectivity index (χ1v) is 10.4. The first-order chi connectivity index (χ1) is 11.2. The van der Waals surface area contributed by atoms with Gasteiger partial charge in [0.2, 0.25) is 0 Å². The second-order valence-corrected chi connectivity index (χ2v) is 9.03. The van der Waals surface area contributed by atoms with Crippen LogP contribution >= 0.6 is 11.6 Å². The molecule has 3 aliphatic rings. The monoisotopic (exact) mass is 330 g/mol. The van der Waals surface area contributed by atoms with Crippen LogP contribution in [0.25, 0.3) is 0 Å². The molecule has 4 rings (SSSR count). The maximum atomic E-state index is 6.16. The van der Waals surface area contributed by atoms with Crippen molar-refractivity contribution >= 4 is 11.6 Å². The molecule has 0 amide bonds. The summed E-state index contributed by atoms with van der Waals surface area (Å²) in [5.41, 5.74) is 3.10. The Balaban J connectivity index is 1.40. The minimum Gasteiger partial charge on any atom is -0.0843 e. The van der Waals surface area contributed by atoms with Gasteiger partial charge in [0.15, 0.2) is 0 Å². The van der Waals surface area contributed by atoms with E-state index in [-0.39, 0.29) is 0 Å². The van der Waals surface area contributed by atoms with Gasteiger partial charge in [-0.15, -0.1) is 0 Å². The summed E-state index contributed by atoms with van der Waals surface area (Å²) in [6, 6.07) is 6.59. The largest absolute Gasteiger partial charge is 0.0843 e. The lowest BCUT2D eigenvalue weighted by Gasteiger charge is -2.45. The molecule has 0 N–H and O–H groups in total. The third kappa shape index (κ3) is 3.34. The molecular weight excluding hydrogens is 300 g/mol. The van der Waals surface area contributed by atoms with Crippen molar-refractivity contribution in [2.75, 3.05) is 0 Å². The van der Waals surface area contributed by atoms with Crippen LogP contribution < -0.4 is 0 Å². The van der Waals surface area contributed by atoms with Gasteiger partial charge >= 0.3 is 0 Å². The fourth-order valence-electron chi connectivity index (χ4n) is 5.98. The van der Waals surface area contributed by atoms with Crippen molar-refractivity contribution < 1.29 is 0 Å². The van der Waals surface area contributed by atoms with E-state index >= 15 is 0 Å². The molecule has 2 fully saturated rings. The minimum atomic E-state index is 0.912. The van der Waals surface area contributed by atoms with E-state index in [0.717, 1.165) is 34.6 Å². The van der Waals surface area contributed by atoms with E-state index in [9.17, 15) is 0 Å². The number of aryl methyl sites for hydroxylation is 1. The molecule has 5 unspecified atom stereocenters. The topological polar surface area (TPSA) is 0 Å². The van der Waals surface area contributed by atoms with Gasteiger partial charge in [0.05, 0.1) is 0 Å². The molecule has 1 heteroatoms. The fraction of sp³-hybridized carbons (Fsp3) is 0.727. The van der Waals surface area contributed by atoms with Gasteiger partial charge in [0.1, 0.15) is 0 Å². The number of hydrogen-bond donors (Lipinski definition) is 0. The molecule has 1 aromatic rings. The zero-order valence-corrected chi connectivity index (χ0v) is 15.3. The van der Waals surface area contributed by atoms with Crippen LogP contribution in [0.3, 0.4) is 0 Å². The maximum Gasteiger partial charge on any atom is 0.0408 e. The summed E-state index contributed by atoms with van der Waals surface area (Å²) in [4.78, 5) is 0. The summed E-state index contributed by atoms with van der Waals surface area (Å²) in [5.74, 6) is 5.11. The fourth-order valence-corrected chi connectivity index (χ4v) is 6.17. The molecule has 3 aliphatic carbocycles. The van der Waals surface area contributed by atoms with E-state index in [4.69, 9.17) is 11.6 Å². The van der Waals surface area contributed by atoms with Crippen molar-refractivity contribution in [2.45, 2.75) is 71.1 Å². The van der Waals surface area contributed by atoms with Crippen molar-refractivity contribution in [3.63, 3.8) is 0 Å². The molecule has 0 aromatic heterocycles. The lowest BCUT2D eigenvalue weighted by Crippen LogP contribution is -2.34. The van der Waals surface area contributed by atoms with E-state index < -0.39 is 0 Å². The smallest absolute Gasteiger partial charge is 0.0408 e. The number of halogens is 1. The van der Waals surface area contributed by atoms with Crippen LogP contribution in [0.15, 0.2) is 18.2 Å². The molecule has 2 saturated carbocycles. The molecular formula is C22H31Cl. The Labute approximate surface area is 147 Å². The predicted octanol–water partition coefficient (Wildman–Crippen LogP) is 6.69. The second kappa shape index (κ2) is 6.79. The van der Waals surface area contributed by atoms with E-state index in [1.54, 1.807) is 12.0 Å². The van der Waals surface area contributed by atoms with Crippen molar-refractivity contribution in [3.8, 4) is 0 Å². The van der Waals surface area contributed by atoms with E-state index in [1.807, 2.05) is 0 Å². The molecule has 0 nitrogen and oxygen atoms in total. The third-order valence-corrected chi connectivity index (χ3v) is 7.68. The first kappa shape index (κ1) is 16.0. The quantitative estimate of drug-likeness (QED) is 0.566. The van der Waals surface area contributed by atoms with Crippen LogP contribution in [0.4, 0.5) is 0 Å². The van der Waals surface area contributed by atoms with Gasteiger partial charge in [0.25, 0.3) is 0 Å². The van der Waals surface area contributed by atoms with Gasteiger partial charge in [-0.2, -0.15) is 0 Å². The van der Waals surface area contributed by atoms with E-state index in [0.29, 0.717) is 0 Å². The van der Waals surface area contributed by atoms with Crippen LogP contribution in [0.1, 0.15) is 69.4 Å². The van der Waals surface area contributed by atoms with Crippen molar-refractivity contribution in [1.29, 1.82) is 0 Å². The standard InChI is InChI=1S/C22H31Cl/c1-2-15-3-4-17-12-18(6-5-16(17)11-15)19-7-8-21-14-22(23)10-9-20(21)13-19/h9-10,14-19H,2-8,11-13H2,1H3. The van der Waals surface area contributed by atoms with Gasteiger partial charge in [-0.3, -0.25) is 0 Å². The van der Waals surface area contributed by atoms with Crippen LogP contribution in [-0.2, 0) is 12.8 Å². The second-order valence-electron chi connectivity index (χ2n) is 8.60. The SMILES string of the molecule is CCC1CCC2CC(C3CCc4cc(Cl)ccc4C3)CCC2C1. The molecule has 126 valence electrons. The summed E-state index contributed by atoms with van der Waals surface area (Å²) in [6.45, 7) is 2.39. The van der Waals surface area contributed by atoms with Gasteiger partial charge in [0, 0.05) is 5.02 Å². The summed E-state index contributed by atoms with van der Waals surface area (Å²) >= 11 is 6.16. The third-order valence-electron chi connectivity index (χ3n) is 7.44. The Kier molecular flexibility index (Phi) is 4.72. The Morgan fingerprint density at radius 3 is 2.43 bits per heavy atom. The molecule has 5 atom stereocenters. The number of hydrogen-bond acceptors (Lipinski definition) is 0. The van der Waals surface area contributed by atoms with Crippen molar-refractivity contribution in [2.24, 2.45) is 29.6 Å². The summed E-state index contributed by atoms with van der Waals surface area (Å²) in [7, 11) is 0. The normalized spacial score (nSPS) is 37.0. The number of benzene rings is 1. The molecule has 1 aromatic carbocycles. The summed E-state index contributed by atoms with van der Waals surface area (Å²) in [6.07, 6.45) is 14.5. The lowest BCUT2D eigenvalue weighted by molar-refractivity contribution is 0.0708. The molecule has 23 heavy (non-hydrogen) atoms. The van der Waals surface area contributed by atoms with Crippen LogP contribution in [0.5, 0.6) is 0 Å². The Morgan fingerprint density at radius 2 is 1.61 bits per heavy atom. The van der Waals surface area contributed by atoms with Crippen molar-refractivity contribution in [1.82, 2.24) is 0 Å². The maximum absolute atomic E-state index is 6.16. The Hall–Kier alpha value is -0.490. The average Bonchev–Trinajstić information content (AvgIpc) is 2.60. The van der Waals surface area contributed by atoms with E-state index in [1.165, 1.54) is 63.4 Å². The van der Waals surface area contributed by atoms with Gasteiger partial charge in [-0.1, -0.05) is 37.4 Å². The first-order valence-electron chi connectivity index (χ1n) is 10.00. The molecule has 0 aliphatic heterocycles. The lowest BCUT2D eigenvalue weighted by atomic mass is 9.61. The average molecular weight is 331 g/mol. The highest BCUT2D eigenvalue weighted by Crippen LogP contribution is 2.48. The molecule has 0 saturated heterocycles. The highest BCUT2D eigenvalue weighted by atomic mass is 35.5. The van der Waals surface area contributed by atoms with Gasteiger partial charge < -0.3 is 0 Å². The molecule has 0 heterocycles. The Morgan fingerprint density at radius 1 is 0.870 bits per heavy atom. The van der Waals surface area contributed by atoms with Gasteiger partial charge in [-0.05, 0) is 104 Å². The van der Waals surface area contributed by atoms with Crippen LogP contribution in [-0.4, -0.2) is 0 Å². The van der Waals surface area contributed by atoms with Crippen LogP contribution in [0.2, 0.25) is 5.02 Å². The Bertz CT molecular complexity index is 549. The zero-order chi connectivity index (χ0) is 15.8. The van der Waals surface area contributed by atoms with Gasteiger partial charge in [-0.25, -0.2) is 0 Å². The van der Waals surface area contributed by atoms with Crippen LogP contribution in [0, 0.1) is 29.6 Å². The minimum absolute atomic E-state index is 0.912. The predicted molar refractivity (Wildman–Crippen MR) is 98.9 cm³/mol. The summed E-state index contributed by atoms with van der Waals surface area (Å²) < 4.78 is 0. The van der Waals surface area contributed by atoms with E-state index in [2.05, 4.69) is 25.1 Å². The summed E-state index contributed by atoms with van der Waals surface area (Å²) in [5, 5.41) is 0.912. The van der Waals surface area contributed by atoms with Crippen molar-refractivity contribution in [3.05, 3.63) is 34.3 Å². The number of fused-ring (bicyclic) bond motifs is 2. The number of rotatable bonds is 2. The molecule has 0 bridgehead atoms. The highest BCUT2D eigenvalue weighted by Gasteiger charge is 2.38. The molecule has 0 spiro atoms. The zero-order valence-electron chi connectivity index (χ0n) is 14.6. The highest BCUT2D eigenvalue weighted by molar-refractivity contribution is 6.30.